The summed E-state index contributed by atoms with van der Waals surface area (Å²) < 4.78 is 4.99. The number of carbonyl (C=O) groups is 3. The summed E-state index contributed by atoms with van der Waals surface area (Å²) in [6, 6.07) is 9.52. The van der Waals surface area contributed by atoms with Crippen molar-refractivity contribution in [2.45, 2.75) is 13.3 Å². The molecule has 1 N–H and O–H groups in total. The van der Waals surface area contributed by atoms with E-state index in [2.05, 4.69) is 5.32 Å². The second kappa shape index (κ2) is 9.20. The molecule has 2 aromatic rings. The molecule has 1 atom stereocenters. The van der Waals surface area contributed by atoms with Crippen molar-refractivity contribution < 1.29 is 29.0 Å². The number of amides is 2. The summed E-state index contributed by atoms with van der Waals surface area (Å²) in [5.41, 5.74) is 0.748. The van der Waals surface area contributed by atoms with Crippen molar-refractivity contribution in [2.75, 3.05) is 23.4 Å². The maximum absolute atomic E-state index is 12.3. The first-order valence-electron chi connectivity index (χ1n) is 9.42. The van der Waals surface area contributed by atoms with Crippen molar-refractivity contribution in [1.82, 2.24) is 0 Å². The van der Waals surface area contributed by atoms with Crippen molar-refractivity contribution in [3.63, 3.8) is 0 Å². The third-order valence-electron chi connectivity index (χ3n) is 4.87. The van der Waals surface area contributed by atoms with Crippen LogP contribution in [0.5, 0.6) is 0 Å². The van der Waals surface area contributed by atoms with Crippen molar-refractivity contribution >= 4 is 40.5 Å². The van der Waals surface area contributed by atoms with Crippen LogP contribution in [0.2, 0.25) is 0 Å². The van der Waals surface area contributed by atoms with E-state index in [4.69, 9.17) is 4.74 Å². The van der Waals surface area contributed by atoms with Crippen LogP contribution in [-0.2, 0) is 19.1 Å². The maximum atomic E-state index is 12.3. The Morgan fingerprint density at radius 3 is 2.44 bits per heavy atom. The minimum absolute atomic E-state index is 0.0151. The molecule has 2 amide bonds. The SMILES string of the molecule is Cc1ccc(NC(=O)COC(=O)[C@@H]2CC(=O)N(c3ccc([N+](=O)[O-])cc3)C2)cc1[N+](=O)[O-]. The Kier molecular flexibility index (Phi) is 6.42. The Hall–Kier alpha value is -4.35. The summed E-state index contributed by atoms with van der Waals surface area (Å²) in [6.07, 6.45) is -0.123. The molecule has 1 aliphatic rings. The number of hydrogen-bond donors (Lipinski definition) is 1. The van der Waals surface area contributed by atoms with Crippen LogP contribution in [0, 0.1) is 33.1 Å². The van der Waals surface area contributed by atoms with E-state index in [-0.39, 0.29) is 35.9 Å². The minimum atomic E-state index is -0.800. The Morgan fingerprint density at radius 1 is 1.12 bits per heavy atom. The molecule has 0 aromatic heterocycles. The van der Waals surface area contributed by atoms with Gasteiger partial charge in [0, 0.05) is 48.1 Å². The predicted molar refractivity (Wildman–Crippen MR) is 111 cm³/mol. The first-order chi connectivity index (χ1) is 15.2. The summed E-state index contributed by atoms with van der Waals surface area (Å²) in [5.74, 6) is -2.58. The molecule has 1 saturated heterocycles. The Bertz CT molecular complexity index is 1100. The zero-order valence-corrected chi connectivity index (χ0v) is 16.8. The van der Waals surface area contributed by atoms with Crippen LogP contribution in [0.25, 0.3) is 0 Å². The lowest BCUT2D eigenvalue weighted by molar-refractivity contribution is -0.385. The number of nitro benzene ring substituents is 2. The van der Waals surface area contributed by atoms with Gasteiger partial charge in [0.15, 0.2) is 6.61 Å². The second-order valence-corrected chi connectivity index (χ2v) is 7.09. The van der Waals surface area contributed by atoms with Gasteiger partial charge in [0.1, 0.15) is 0 Å². The maximum Gasteiger partial charge on any atom is 0.311 e. The molecule has 0 bridgehead atoms. The quantitative estimate of drug-likeness (QED) is 0.388. The zero-order chi connectivity index (χ0) is 23.4. The molecule has 1 heterocycles. The summed E-state index contributed by atoms with van der Waals surface area (Å²) in [6.45, 7) is 0.957. The molecule has 0 unspecified atom stereocenters. The van der Waals surface area contributed by atoms with E-state index < -0.39 is 34.2 Å². The van der Waals surface area contributed by atoms with E-state index in [1.807, 2.05) is 0 Å². The number of nitrogens with zero attached hydrogens (tertiary/aromatic N) is 3. The lowest BCUT2D eigenvalue weighted by Gasteiger charge is -2.16. The molecule has 1 fully saturated rings. The van der Waals surface area contributed by atoms with Crippen LogP contribution in [0.3, 0.4) is 0 Å². The molecule has 0 radical (unpaired) electrons. The third kappa shape index (κ3) is 5.03. The van der Waals surface area contributed by atoms with E-state index >= 15 is 0 Å². The van der Waals surface area contributed by atoms with Crippen molar-refractivity contribution in [1.29, 1.82) is 0 Å². The van der Waals surface area contributed by atoms with Gasteiger partial charge in [-0.2, -0.15) is 0 Å². The number of benzene rings is 2. The average Bonchev–Trinajstić information content (AvgIpc) is 3.15. The molecule has 12 heteroatoms. The van der Waals surface area contributed by atoms with E-state index in [1.165, 1.54) is 47.4 Å². The number of anilines is 2. The molecular weight excluding hydrogens is 424 g/mol. The van der Waals surface area contributed by atoms with Gasteiger partial charge >= 0.3 is 5.97 Å². The van der Waals surface area contributed by atoms with E-state index in [1.54, 1.807) is 6.92 Å². The highest BCUT2D eigenvalue weighted by molar-refractivity contribution is 6.00. The van der Waals surface area contributed by atoms with Gasteiger partial charge < -0.3 is 15.0 Å². The van der Waals surface area contributed by atoms with Crippen LogP contribution >= 0.6 is 0 Å². The lowest BCUT2D eigenvalue weighted by atomic mass is 10.1. The Labute approximate surface area is 181 Å². The summed E-state index contributed by atoms with van der Waals surface area (Å²) in [5, 5.41) is 24.1. The lowest BCUT2D eigenvalue weighted by Crippen LogP contribution is -2.28. The number of hydrogen-bond acceptors (Lipinski definition) is 8. The molecule has 2 aromatic carbocycles. The monoisotopic (exact) mass is 442 g/mol. The number of non-ortho nitro benzene ring substituents is 1. The average molecular weight is 442 g/mol. The Morgan fingerprint density at radius 2 is 1.81 bits per heavy atom. The van der Waals surface area contributed by atoms with E-state index in [0.29, 0.717) is 11.3 Å². The number of esters is 1. The van der Waals surface area contributed by atoms with Crippen LogP contribution in [0.1, 0.15) is 12.0 Å². The largest absolute Gasteiger partial charge is 0.455 e. The van der Waals surface area contributed by atoms with Crippen molar-refractivity contribution in [3.8, 4) is 0 Å². The topological polar surface area (TPSA) is 162 Å². The van der Waals surface area contributed by atoms with Crippen molar-refractivity contribution in [2.24, 2.45) is 5.92 Å². The fourth-order valence-electron chi connectivity index (χ4n) is 3.20. The molecule has 3 rings (SSSR count). The summed E-state index contributed by atoms with van der Waals surface area (Å²) in [4.78, 5) is 58.5. The highest BCUT2D eigenvalue weighted by Gasteiger charge is 2.36. The summed E-state index contributed by atoms with van der Waals surface area (Å²) >= 11 is 0. The van der Waals surface area contributed by atoms with Gasteiger partial charge in [-0.3, -0.25) is 34.6 Å². The molecule has 32 heavy (non-hydrogen) atoms. The molecule has 0 saturated carbocycles. The van der Waals surface area contributed by atoms with Gasteiger partial charge in [-0.05, 0) is 25.1 Å². The van der Waals surface area contributed by atoms with Crippen LogP contribution in [-0.4, -0.2) is 40.8 Å². The molecule has 0 aliphatic carbocycles. The van der Waals surface area contributed by atoms with Gasteiger partial charge in [-0.15, -0.1) is 0 Å². The first-order valence-corrected chi connectivity index (χ1v) is 9.42. The number of carbonyl (C=O) groups excluding carboxylic acids is 3. The van der Waals surface area contributed by atoms with Gasteiger partial charge in [0.05, 0.1) is 15.8 Å². The highest BCUT2D eigenvalue weighted by Crippen LogP contribution is 2.27. The Balaban J connectivity index is 1.54. The number of aryl methyl sites for hydroxylation is 1. The fourth-order valence-corrected chi connectivity index (χ4v) is 3.20. The zero-order valence-electron chi connectivity index (χ0n) is 16.8. The fraction of sp³-hybridized carbons (Fsp3) is 0.250. The predicted octanol–water partition coefficient (Wildman–Crippen LogP) is 2.35. The molecule has 0 spiro atoms. The van der Waals surface area contributed by atoms with Crippen LogP contribution in [0.15, 0.2) is 42.5 Å². The standard InChI is InChI=1S/C20H18N4O8/c1-12-2-3-14(9-17(12)24(30)31)21-18(25)11-32-20(27)13-8-19(26)22(10-13)15-4-6-16(7-5-15)23(28)29/h2-7,9,13H,8,10-11H2,1H3,(H,21,25)/t13-/m1/s1. The number of rotatable bonds is 7. The van der Waals surface area contributed by atoms with Gasteiger partial charge in [0.25, 0.3) is 17.3 Å². The smallest absolute Gasteiger partial charge is 0.311 e. The van der Waals surface area contributed by atoms with Crippen molar-refractivity contribution in [3.05, 3.63) is 68.3 Å². The highest BCUT2D eigenvalue weighted by atomic mass is 16.6. The first kappa shape index (κ1) is 22.3. The minimum Gasteiger partial charge on any atom is -0.455 e. The number of nitro groups is 2. The van der Waals surface area contributed by atoms with Crippen LogP contribution < -0.4 is 10.2 Å². The normalized spacial score (nSPS) is 15.3. The molecular formula is C20H18N4O8. The number of nitrogens with one attached hydrogen (secondary N) is 1. The van der Waals surface area contributed by atoms with Crippen LogP contribution in [0.4, 0.5) is 22.7 Å². The number of ether oxygens (including phenoxy) is 1. The molecule has 12 nitrogen and oxygen atoms in total. The van der Waals surface area contributed by atoms with E-state index in [0.717, 1.165) is 0 Å². The molecule has 1 aliphatic heterocycles. The van der Waals surface area contributed by atoms with E-state index in [9.17, 15) is 34.6 Å². The second-order valence-electron chi connectivity index (χ2n) is 7.09. The van der Waals surface area contributed by atoms with Gasteiger partial charge in [0.2, 0.25) is 5.91 Å². The third-order valence-corrected chi connectivity index (χ3v) is 4.87. The van der Waals surface area contributed by atoms with Gasteiger partial charge in [-0.1, -0.05) is 6.07 Å². The molecule has 166 valence electrons. The summed E-state index contributed by atoms with van der Waals surface area (Å²) in [7, 11) is 0. The van der Waals surface area contributed by atoms with Gasteiger partial charge in [-0.25, -0.2) is 0 Å².